The molecule has 0 bridgehead atoms. The molecule has 2 rings (SSSR count). The van der Waals surface area contributed by atoms with E-state index in [0.29, 0.717) is 6.10 Å². The first-order valence-corrected chi connectivity index (χ1v) is 6.36. The molecule has 15 heavy (non-hydrogen) atoms. The number of hydrogen-bond donors (Lipinski definition) is 1. The Bertz CT molecular complexity index is 186. The van der Waals surface area contributed by atoms with E-state index < -0.39 is 0 Å². The molecule has 2 heterocycles. The topological polar surface area (TPSA) is 27.7 Å². The summed E-state index contributed by atoms with van der Waals surface area (Å²) < 4.78 is 16.6. The van der Waals surface area contributed by atoms with E-state index in [-0.39, 0.29) is 5.41 Å². The first-order valence-electron chi connectivity index (χ1n) is 5.73. The van der Waals surface area contributed by atoms with Gasteiger partial charge in [0.2, 0.25) is 0 Å². The van der Waals surface area contributed by atoms with Crippen LogP contribution < -0.4 is 0 Å². The fourth-order valence-electron chi connectivity index (χ4n) is 2.09. The van der Waals surface area contributed by atoms with Crippen molar-refractivity contribution in [3.8, 4) is 0 Å². The summed E-state index contributed by atoms with van der Waals surface area (Å²) in [5.74, 6) is 0.893. The van der Waals surface area contributed by atoms with Crippen LogP contribution in [0.25, 0.3) is 0 Å². The Kier molecular flexibility index (Phi) is 4.31. The zero-order chi connectivity index (χ0) is 10.6. The zero-order valence-electron chi connectivity index (χ0n) is 9.11. The molecule has 0 amide bonds. The first kappa shape index (κ1) is 11.7. The van der Waals surface area contributed by atoms with E-state index in [4.69, 9.17) is 14.2 Å². The summed E-state index contributed by atoms with van der Waals surface area (Å²) in [6, 6.07) is 0. The summed E-state index contributed by atoms with van der Waals surface area (Å²) in [7, 11) is 0. The van der Waals surface area contributed by atoms with Gasteiger partial charge in [-0.15, -0.1) is 0 Å². The van der Waals surface area contributed by atoms with Crippen LogP contribution in [0.3, 0.4) is 0 Å². The number of thiol groups is 1. The summed E-state index contributed by atoms with van der Waals surface area (Å²) in [6.45, 7) is 4.13. The lowest BCUT2D eigenvalue weighted by Gasteiger charge is -2.36. The minimum Gasteiger partial charge on any atom is -0.381 e. The second-order valence-electron chi connectivity index (χ2n) is 4.57. The highest BCUT2D eigenvalue weighted by atomic mass is 32.1. The molecular weight excluding hydrogens is 212 g/mol. The largest absolute Gasteiger partial charge is 0.381 e. The number of ether oxygens (including phenoxy) is 3. The Hall–Kier alpha value is 0.230. The summed E-state index contributed by atoms with van der Waals surface area (Å²) in [5.41, 5.74) is 0.240. The van der Waals surface area contributed by atoms with Crippen molar-refractivity contribution in [1.82, 2.24) is 0 Å². The van der Waals surface area contributed by atoms with Gasteiger partial charge < -0.3 is 14.2 Å². The van der Waals surface area contributed by atoms with Crippen LogP contribution in [0.5, 0.6) is 0 Å². The molecule has 0 radical (unpaired) electrons. The molecule has 0 saturated carbocycles. The van der Waals surface area contributed by atoms with Crippen molar-refractivity contribution in [2.24, 2.45) is 5.41 Å². The van der Waals surface area contributed by atoms with Crippen molar-refractivity contribution in [1.29, 1.82) is 0 Å². The van der Waals surface area contributed by atoms with Crippen LogP contribution in [0.2, 0.25) is 0 Å². The molecule has 0 aromatic rings. The lowest BCUT2D eigenvalue weighted by molar-refractivity contribution is -0.0529. The number of hydrogen-bond acceptors (Lipinski definition) is 4. The maximum absolute atomic E-state index is 5.91. The Morgan fingerprint density at radius 3 is 2.60 bits per heavy atom. The van der Waals surface area contributed by atoms with E-state index >= 15 is 0 Å². The molecule has 1 atom stereocenters. The van der Waals surface area contributed by atoms with Crippen molar-refractivity contribution in [3.63, 3.8) is 0 Å². The Morgan fingerprint density at radius 1 is 1.20 bits per heavy atom. The van der Waals surface area contributed by atoms with Gasteiger partial charge in [-0.1, -0.05) is 0 Å². The van der Waals surface area contributed by atoms with Crippen LogP contribution in [0.4, 0.5) is 0 Å². The normalized spacial score (nSPS) is 30.6. The molecule has 0 spiro atoms. The highest BCUT2D eigenvalue weighted by Crippen LogP contribution is 2.32. The van der Waals surface area contributed by atoms with E-state index in [1.807, 2.05) is 0 Å². The molecule has 0 aliphatic carbocycles. The standard InChI is InChI=1S/C11H20O3S/c15-9-11(2-5-12-6-3-11)8-14-10-1-4-13-7-10/h10,15H,1-9H2. The minimum absolute atomic E-state index is 0.240. The molecule has 88 valence electrons. The van der Waals surface area contributed by atoms with Crippen LogP contribution >= 0.6 is 12.6 Å². The predicted octanol–water partition coefficient (Wildman–Crippen LogP) is 1.52. The quantitative estimate of drug-likeness (QED) is 0.745. The molecule has 1 unspecified atom stereocenters. The SMILES string of the molecule is SCC1(COC2CCOC2)CCOCC1. The van der Waals surface area contributed by atoms with Gasteiger partial charge in [-0.25, -0.2) is 0 Å². The summed E-state index contributed by atoms with van der Waals surface area (Å²) in [5, 5.41) is 0. The van der Waals surface area contributed by atoms with E-state index in [2.05, 4.69) is 12.6 Å². The first-order chi connectivity index (χ1) is 7.35. The maximum atomic E-state index is 5.91. The highest BCUT2D eigenvalue weighted by molar-refractivity contribution is 7.80. The van der Waals surface area contributed by atoms with Crippen LogP contribution in [0, 0.1) is 5.41 Å². The Balaban J connectivity index is 1.78. The highest BCUT2D eigenvalue weighted by Gasteiger charge is 2.33. The minimum atomic E-state index is 0.240. The van der Waals surface area contributed by atoms with E-state index in [9.17, 15) is 0 Å². The lowest BCUT2D eigenvalue weighted by atomic mass is 9.83. The Labute approximate surface area is 96.9 Å². The van der Waals surface area contributed by atoms with Gasteiger partial charge in [-0.05, 0) is 25.0 Å². The van der Waals surface area contributed by atoms with Crippen LogP contribution in [-0.2, 0) is 14.2 Å². The van der Waals surface area contributed by atoms with Crippen LogP contribution in [0.1, 0.15) is 19.3 Å². The molecule has 2 saturated heterocycles. The third-order valence-electron chi connectivity index (χ3n) is 3.40. The predicted molar refractivity (Wildman–Crippen MR) is 61.5 cm³/mol. The van der Waals surface area contributed by atoms with E-state index in [1.165, 1.54) is 0 Å². The fourth-order valence-corrected chi connectivity index (χ4v) is 2.50. The third kappa shape index (κ3) is 3.09. The molecular formula is C11H20O3S. The lowest BCUT2D eigenvalue weighted by Crippen LogP contribution is -2.37. The van der Waals surface area contributed by atoms with Gasteiger partial charge in [0.05, 0.1) is 19.3 Å². The molecule has 3 nitrogen and oxygen atoms in total. The van der Waals surface area contributed by atoms with Crippen molar-refractivity contribution in [2.45, 2.75) is 25.4 Å². The second-order valence-corrected chi connectivity index (χ2v) is 4.88. The summed E-state index contributed by atoms with van der Waals surface area (Å²) >= 11 is 4.46. The van der Waals surface area contributed by atoms with Gasteiger partial charge in [-0.2, -0.15) is 12.6 Å². The fraction of sp³-hybridized carbons (Fsp3) is 1.00. The van der Waals surface area contributed by atoms with E-state index in [0.717, 1.165) is 58.0 Å². The van der Waals surface area contributed by atoms with Gasteiger partial charge in [0, 0.05) is 25.2 Å². The number of rotatable bonds is 4. The molecule has 0 aromatic carbocycles. The average molecular weight is 232 g/mol. The van der Waals surface area contributed by atoms with Crippen molar-refractivity contribution in [3.05, 3.63) is 0 Å². The summed E-state index contributed by atoms with van der Waals surface area (Å²) in [4.78, 5) is 0. The van der Waals surface area contributed by atoms with Crippen molar-refractivity contribution < 1.29 is 14.2 Å². The average Bonchev–Trinajstić information content (AvgIpc) is 2.81. The molecule has 4 heteroatoms. The van der Waals surface area contributed by atoms with Gasteiger partial charge in [0.1, 0.15) is 0 Å². The molecule has 0 N–H and O–H groups in total. The zero-order valence-corrected chi connectivity index (χ0v) is 10.0. The van der Waals surface area contributed by atoms with Gasteiger partial charge in [-0.3, -0.25) is 0 Å². The van der Waals surface area contributed by atoms with Crippen LogP contribution in [-0.4, -0.2) is 44.9 Å². The summed E-state index contributed by atoms with van der Waals surface area (Å²) in [6.07, 6.45) is 3.50. The molecule has 2 aliphatic heterocycles. The van der Waals surface area contributed by atoms with Gasteiger partial charge >= 0.3 is 0 Å². The third-order valence-corrected chi connectivity index (χ3v) is 4.07. The van der Waals surface area contributed by atoms with Gasteiger partial charge in [0.15, 0.2) is 0 Å². The molecule has 2 fully saturated rings. The second kappa shape index (κ2) is 5.53. The molecule has 2 aliphatic rings. The van der Waals surface area contributed by atoms with Crippen LogP contribution in [0.15, 0.2) is 0 Å². The Morgan fingerprint density at radius 2 is 2.00 bits per heavy atom. The molecule has 0 aromatic heterocycles. The van der Waals surface area contributed by atoms with E-state index in [1.54, 1.807) is 0 Å². The smallest absolute Gasteiger partial charge is 0.0830 e. The van der Waals surface area contributed by atoms with Crippen molar-refractivity contribution >= 4 is 12.6 Å². The monoisotopic (exact) mass is 232 g/mol. The maximum Gasteiger partial charge on any atom is 0.0830 e. The van der Waals surface area contributed by atoms with Crippen molar-refractivity contribution in [2.75, 3.05) is 38.8 Å². The van der Waals surface area contributed by atoms with Gasteiger partial charge in [0.25, 0.3) is 0 Å².